The summed E-state index contributed by atoms with van der Waals surface area (Å²) in [7, 11) is 3.73. The summed E-state index contributed by atoms with van der Waals surface area (Å²) in [6, 6.07) is 6.52. The number of rotatable bonds is 7. The molecule has 1 aliphatic rings. The fourth-order valence-electron chi connectivity index (χ4n) is 4.11. The molecule has 0 aliphatic carbocycles. The van der Waals surface area contributed by atoms with Gasteiger partial charge in [0, 0.05) is 31.5 Å². The number of methoxy groups -OCH3 is 1. The molecule has 3 rings (SSSR count). The highest BCUT2D eigenvalue weighted by atomic mass is 16.5. The molecular weight excluding hydrogens is 362 g/mol. The van der Waals surface area contributed by atoms with Crippen molar-refractivity contribution in [3.05, 3.63) is 41.5 Å². The van der Waals surface area contributed by atoms with Gasteiger partial charge in [-0.25, -0.2) is 15.0 Å². The van der Waals surface area contributed by atoms with Gasteiger partial charge in [0.15, 0.2) is 0 Å². The number of aromatic nitrogens is 3. The Morgan fingerprint density at radius 1 is 1.28 bits per heavy atom. The molecule has 0 spiro atoms. The van der Waals surface area contributed by atoms with Gasteiger partial charge in [0.25, 0.3) is 0 Å². The summed E-state index contributed by atoms with van der Waals surface area (Å²) >= 11 is 0. The van der Waals surface area contributed by atoms with Crippen LogP contribution < -0.4 is 10.2 Å². The fraction of sp³-hybridized carbons (Fsp3) is 0.609. The van der Waals surface area contributed by atoms with Gasteiger partial charge in [0.05, 0.1) is 11.3 Å². The second kappa shape index (κ2) is 8.36. The van der Waals surface area contributed by atoms with Crippen LogP contribution in [0.1, 0.15) is 64.0 Å². The van der Waals surface area contributed by atoms with E-state index in [0.29, 0.717) is 6.04 Å². The summed E-state index contributed by atoms with van der Waals surface area (Å²) in [5.74, 6) is 2.73. The minimum absolute atomic E-state index is 0.00397. The molecule has 0 saturated carbocycles. The molecule has 2 aromatic heterocycles. The van der Waals surface area contributed by atoms with Gasteiger partial charge >= 0.3 is 0 Å². The van der Waals surface area contributed by atoms with Crippen LogP contribution in [0.3, 0.4) is 0 Å². The van der Waals surface area contributed by atoms with E-state index in [2.05, 4.69) is 61.1 Å². The average Bonchev–Trinajstić information content (AvgIpc) is 2.66. The number of anilines is 2. The quantitative estimate of drug-likeness (QED) is 0.752. The zero-order valence-electron chi connectivity index (χ0n) is 18.9. The highest BCUT2D eigenvalue weighted by molar-refractivity contribution is 5.64. The topological polar surface area (TPSA) is 63.2 Å². The first-order chi connectivity index (χ1) is 13.7. The maximum atomic E-state index is 5.69. The van der Waals surface area contributed by atoms with Crippen LogP contribution in [-0.2, 0) is 16.7 Å². The van der Waals surface area contributed by atoms with Crippen molar-refractivity contribution in [3.8, 4) is 0 Å². The van der Waals surface area contributed by atoms with Gasteiger partial charge < -0.3 is 15.0 Å². The third-order valence-corrected chi connectivity index (χ3v) is 5.99. The standard InChI is InChI=1S/C23H35N5O/c1-16-25-15-19-21(26-16)28(20-10-8-9-17(27-20)14-24-6)18(13-22(19,2)3)11-12-23(4,5)29-7/h8-10,15,18,24H,11-14H2,1-7H3/t18-/m1/s1. The molecule has 6 nitrogen and oxygen atoms in total. The van der Waals surface area contributed by atoms with Gasteiger partial charge in [-0.15, -0.1) is 0 Å². The lowest BCUT2D eigenvalue weighted by atomic mass is 9.75. The molecule has 1 N–H and O–H groups in total. The predicted molar refractivity (Wildman–Crippen MR) is 118 cm³/mol. The van der Waals surface area contributed by atoms with E-state index in [-0.39, 0.29) is 11.0 Å². The van der Waals surface area contributed by atoms with Crippen molar-refractivity contribution in [2.45, 2.75) is 77.5 Å². The molecule has 29 heavy (non-hydrogen) atoms. The summed E-state index contributed by atoms with van der Waals surface area (Å²) in [5.41, 5.74) is 2.06. The molecule has 6 heteroatoms. The number of ether oxygens (including phenoxy) is 1. The Labute approximate surface area is 175 Å². The van der Waals surface area contributed by atoms with Crippen LogP contribution in [0, 0.1) is 6.92 Å². The van der Waals surface area contributed by atoms with Crippen LogP contribution in [-0.4, -0.2) is 40.8 Å². The van der Waals surface area contributed by atoms with E-state index >= 15 is 0 Å². The van der Waals surface area contributed by atoms with Gasteiger partial charge in [-0.05, 0) is 64.6 Å². The second-order valence-corrected chi connectivity index (χ2v) is 9.29. The number of aryl methyl sites for hydroxylation is 1. The van der Waals surface area contributed by atoms with E-state index in [1.165, 1.54) is 5.56 Å². The van der Waals surface area contributed by atoms with Crippen LogP contribution in [0.25, 0.3) is 0 Å². The first-order valence-electron chi connectivity index (χ1n) is 10.5. The van der Waals surface area contributed by atoms with Crippen LogP contribution in [0.2, 0.25) is 0 Å². The zero-order valence-corrected chi connectivity index (χ0v) is 18.9. The maximum absolute atomic E-state index is 5.69. The average molecular weight is 398 g/mol. The molecule has 158 valence electrons. The number of hydrogen-bond donors (Lipinski definition) is 1. The number of hydrogen-bond acceptors (Lipinski definition) is 6. The summed E-state index contributed by atoms with van der Waals surface area (Å²) < 4.78 is 5.69. The smallest absolute Gasteiger partial charge is 0.141 e. The Bertz CT molecular complexity index is 849. The molecule has 0 fully saturated rings. The summed E-state index contributed by atoms with van der Waals surface area (Å²) in [6.07, 6.45) is 4.99. The second-order valence-electron chi connectivity index (χ2n) is 9.29. The monoisotopic (exact) mass is 397 g/mol. The number of nitrogens with zero attached hydrogens (tertiary/aromatic N) is 4. The van der Waals surface area contributed by atoms with Gasteiger partial charge in [0.1, 0.15) is 17.5 Å². The molecule has 1 atom stereocenters. The van der Waals surface area contributed by atoms with E-state index in [9.17, 15) is 0 Å². The first kappa shape index (κ1) is 21.7. The highest BCUT2D eigenvalue weighted by Gasteiger charge is 2.40. The summed E-state index contributed by atoms with van der Waals surface area (Å²) in [5, 5.41) is 3.20. The van der Waals surface area contributed by atoms with Crippen molar-refractivity contribution in [2.75, 3.05) is 19.1 Å². The normalized spacial score (nSPS) is 18.6. The van der Waals surface area contributed by atoms with Gasteiger partial charge in [-0.1, -0.05) is 19.9 Å². The fourth-order valence-corrected chi connectivity index (χ4v) is 4.11. The van der Waals surface area contributed by atoms with Crippen molar-refractivity contribution in [3.63, 3.8) is 0 Å². The van der Waals surface area contributed by atoms with Crippen LogP contribution >= 0.6 is 0 Å². The SMILES string of the molecule is CNCc1cccc(N2c3nc(C)ncc3C(C)(C)C[C@H]2CCC(C)(C)OC)n1. The Hall–Kier alpha value is -2.05. The minimum Gasteiger partial charge on any atom is -0.379 e. The molecule has 3 heterocycles. The lowest BCUT2D eigenvalue weighted by Crippen LogP contribution is -2.44. The molecule has 2 aromatic rings. The molecule has 0 unspecified atom stereocenters. The molecule has 0 saturated heterocycles. The van der Waals surface area contributed by atoms with E-state index in [0.717, 1.165) is 49.0 Å². The van der Waals surface area contributed by atoms with Crippen LogP contribution in [0.15, 0.2) is 24.4 Å². The minimum atomic E-state index is -0.154. The lowest BCUT2D eigenvalue weighted by molar-refractivity contribution is 0.0118. The van der Waals surface area contributed by atoms with Gasteiger partial charge in [-0.3, -0.25) is 0 Å². The zero-order chi connectivity index (χ0) is 21.2. The molecule has 0 radical (unpaired) electrons. The molecule has 0 bridgehead atoms. The summed E-state index contributed by atoms with van der Waals surface area (Å²) in [6.45, 7) is 11.6. The molecule has 1 aliphatic heterocycles. The Kier molecular flexibility index (Phi) is 6.24. The summed E-state index contributed by atoms with van der Waals surface area (Å²) in [4.78, 5) is 16.7. The van der Waals surface area contributed by atoms with Gasteiger partial charge in [-0.2, -0.15) is 0 Å². The molecule has 0 aromatic carbocycles. The van der Waals surface area contributed by atoms with E-state index in [1.54, 1.807) is 7.11 Å². The van der Waals surface area contributed by atoms with E-state index in [4.69, 9.17) is 14.7 Å². The molecule has 0 amide bonds. The number of nitrogens with one attached hydrogen (secondary N) is 1. The molecular formula is C23H35N5O. The Morgan fingerprint density at radius 2 is 2.03 bits per heavy atom. The Morgan fingerprint density at radius 3 is 2.72 bits per heavy atom. The first-order valence-corrected chi connectivity index (χ1v) is 10.5. The third-order valence-electron chi connectivity index (χ3n) is 5.99. The largest absolute Gasteiger partial charge is 0.379 e. The van der Waals surface area contributed by atoms with Gasteiger partial charge in [0.2, 0.25) is 0 Å². The van der Waals surface area contributed by atoms with Crippen LogP contribution in [0.4, 0.5) is 11.6 Å². The predicted octanol–water partition coefficient (Wildman–Crippen LogP) is 4.29. The van der Waals surface area contributed by atoms with E-state index < -0.39 is 0 Å². The van der Waals surface area contributed by atoms with Crippen LogP contribution in [0.5, 0.6) is 0 Å². The van der Waals surface area contributed by atoms with E-state index in [1.807, 2.05) is 20.2 Å². The highest BCUT2D eigenvalue weighted by Crippen LogP contribution is 2.45. The maximum Gasteiger partial charge on any atom is 0.141 e. The van der Waals surface area contributed by atoms with Crippen molar-refractivity contribution < 1.29 is 4.74 Å². The third kappa shape index (κ3) is 4.75. The lowest BCUT2D eigenvalue weighted by Gasteiger charge is -2.45. The van der Waals surface area contributed by atoms with Crippen molar-refractivity contribution >= 4 is 11.6 Å². The van der Waals surface area contributed by atoms with Crippen molar-refractivity contribution in [1.82, 2.24) is 20.3 Å². The number of fused-ring (bicyclic) bond motifs is 1. The van der Waals surface area contributed by atoms with Crippen molar-refractivity contribution in [1.29, 1.82) is 0 Å². The van der Waals surface area contributed by atoms with Crippen molar-refractivity contribution in [2.24, 2.45) is 0 Å². The Balaban J connectivity index is 2.07. The number of pyridine rings is 1.